The van der Waals surface area contributed by atoms with E-state index in [1.807, 2.05) is 27.7 Å². The number of carbonyl (C=O) groups excluding carboxylic acids is 1. The number of aromatic amines is 1. The molecule has 0 saturated carbocycles. The van der Waals surface area contributed by atoms with E-state index in [2.05, 4.69) is 15.6 Å². The molecule has 7 heteroatoms. The Morgan fingerprint density at radius 1 is 1.53 bits per heavy atom. The minimum atomic E-state index is -0.489. The summed E-state index contributed by atoms with van der Waals surface area (Å²) in [6, 6.07) is 0.0796. The highest BCUT2D eigenvalue weighted by Crippen LogP contribution is 2.06. The Labute approximate surface area is 116 Å². The van der Waals surface area contributed by atoms with Gasteiger partial charge in [0.1, 0.15) is 5.60 Å². The first-order valence-corrected chi connectivity index (χ1v) is 7.01. The normalized spacial score (nSPS) is 13.1. The second-order valence-electron chi connectivity index (χ2n) is 5.34. The summed E-state index contributed by atoms with van der Waals surface area (Å²) in [6.07, 6.45) is -0.426. The second kappa shape index (κ2) is 6.72. The number of aromatic nitrogens is 1. The van der Waals surface area contributed by atoms with Gasteiger partial charge in [0.2, 0.25) is 0 Å². The number of ether oxygens (including phenoxy) is 1. The Morgan fingerprint density at radius 2 is 2.21 bits per heavy atom. The van der Waals surface area contributed by atoms with Crippen LogP contribution in [0.15, 0.2) is 10.2 Å². The number of hydrogen-bond donors (Lipinski definition) is 3. The molecule has 1 rings (SSSR count). The third-order valence-electron chi connectivity index (χ3n) is 2.16. The number of amides is 1. The first-order valence-electron chi connectivity index (χ1n) is 6.13. The summed E-state index contributed by atoms with van der Waals surface area (Å²) in [5.74, 6) is 0. The first-order chi connectivity index (χ1) is 8.76. The quantitative estimate of drug-likeness (QED) is 0.765. The summed E-state index contributed by atoms with van der Waals surface area (Å²) in [5, 5.41) is 7.67. The van der Waals surface area contributed by atoms with E-state index in [0.29, 0.717) is 13.1 Å². The van der Waals surface area contributed by atoms with Crippen molar-refractivity contribution in [1.82, 2.24) is 15.6 Å². The van der Waals surface area contributed by atoms with Crippen LogP contribution in [0, 0.1) is 0 Å². The molecule has 0 aliphatic heterocycles. The number of nitrogens with one attached hydrogen (secondary N) is 3. The molecule has 6 nitrogen and oxygen atoms in total. The third-order valence-corrected chi connectivity index (χ3v) is 2.88. The van der Waals surface area contributed by atoms with Gasteiger partial charge < -0.3 is 20.4 Å². The first kappa shape index (κ1) is 15.7. The molecule has 1 aromatic heterocycles. The molecule has 1 aromatic rings. The smallest absolute Gasteiger partial charge is 0.407 e. The van der Waals surface area contributed by atoms with E-state index in [-0.39, 0.29) is 10.9 Å². The van der Waals surface area contributed by atoms with Crippen LogP contribution in [0.25, 0.3) is 0 Å². The number of thiazole rings is 1. The summed E-state index contributed by atoms with van der Waals surface area (Å²) < 4.78 is 5.13. The van der Waals surface area contributed by atoms with E-state index in [1.54, 1.807) is 5.38 Å². The van der Waals surface area contributed by atoms with Gasteiger partial charge in [-0.2, -0.15) is 0 Å². The third kappa shape index (κ3) is 6.97. The van der Waals surface area contributed by atoms with Gasteiger partial charge >= 0.3 is 11.0 Å². The predicted molar refractivity (Wildman–Crippen MR) is 75.5 cm³/mol. The fourth-order valence-corrected chi connectivity index (χ4v) is 1.89. The second-order valence-corrected chi connectivity index (χ2v) is 6.18. The monoisotopic (exact) mass is 287 g/mol. The van der Waals surface area contributed by atoms with Gasteiger partial charge in [0.15, 0.2) is 0 Å². The fraction of sp³-hybridized carbons (Fsp3) is 0.667. The zero-order chi connectivity index (χ0) is 14.5. The molecule has 0 radical (unpaired) electrons. The summed E-state index contributed by atoms with van der Waals surface area (Å²) in [7, 11) is 0. The number of alkyl carbamates (subject to hydrolysis) is 1. The molecular formula is C12H21N3O3S. The maximum atomic E-state index is 11.4. The molecule has 1 unspecified atom stereocenters. The highest BCUT2D eigenvalue weighted by atomic mass is 32.1. The van der Waals surface area contributed by atoms with Crippen molar-refractivity contribution >= 4 is 17.4 Å². The van der Waals surface area contributed by atoms with E-state index in [4.69, 9.17) is 4.74 Å². The van der Waals surface area contributed by atoms with Crippen LogP contribution < -0.4 is 15.5 Å². The van der Waals surface area contributed by atoms with Gasteiger partial charge in [0, 0.05) is 30.2 Å². The molecule has 0 aliphatic rings. The lowest BCUT2D eigenvalue weighted by Crippen LogP contribution is -2.41. The van der Waals surface area contributed by atoms with Gasteiger partial charge in [-0.05, 0) is 27.7 Å². The zero-order valence-electron chi connectivity index (χ0n) is 11.7. The van der Waals surface area contributed by atoms with Crippen molar-refractivity contribution in [3.8, 4) is 0 Å². The van der Waals surface area contributed by atoms with Crippen LogP contribution in [-0.4, -0.2) is 29.3 Å². The van der Waals surface area contributed by atoms with E-state index in [0.717, 1.165) is 17.0 Å². The van der Waals surface area contributed by atoms with E-state index in [9.17, 15) is 9.59 Å². The molecule has 108 valence electrons. The molecular weight excluding hydrogens is 266 g/mol. The largest absolute Gasteiger partial charge is 0.444 e. The Morgan fingerprint density at radius 3 is 2.74 bits per heavy atom. The lowest BCUT2D eigenvalue weighted by Gasteiger charge is -2.21. The Hall–Kier alpha value is -1.34. The van der Waals surface area contributed by atoms with Crippen LogP contribution >= 0.6 is 11.3 Å². The number of rotatable bonds is 5. The molecule has 3 N–H and O–H groups in total. The van der Waals surface area contributed by atoms with Crippen LogP contribution in [0.1, 0.15) is 33.4 Å². The number of hydrogen-bond acceptors (Lipinski definition) is 5. The van der Waals surface area contributed by atoms with Gasteiger partial charge in [-0.25, -0.2) is 4.79 Å². The van der Waals surface area contributed by atoms with Gasteiger partial charge in [-0.1, -0.05) is 11.3 Å². The Balaban J connectivity index is 2.22. The van der Waals surface area contributed by atoms with Crippen molar-refractivity contribution < 1.29 is 9.53 Å². The SMILES string of the molecule is CC(CNC(=O)OC(C)(C)C)NCc1csc(=O)[nH]1. The van der Waals surface area contributed by atoms with Crippen molar-refractivity contribution in [2.24, 2.45) is 0 Å². The maximum absolute atomic E-state index is 11.4. The molecule has 1 atom stereocenters. The molecule has 0 bridgehead atoms. The van der Waals surface area contributed by atoms with E-state index >= 15 is 0 Å². The van der Waals surface area contributed by atoms with Crippen molar-refractivity contribution in [3.05, 3.63) is 20.7 Å². The van der Waals surface area contributed by atoms with Crippen LogP contribution in [0.3, 0.4) is 0 Å². The van der Waals surface area contributed by atoms with Crippen molar-refractivity contribution in [3.63, 3.8) is 0 Å². The Bertz CT molecular complexity index is 461. The van der Waals surface area contributed by atoms with Crippen molar-refractivity contribution in [2.75, 3.05) is 6.54 Å². The number of carbonyl (C=O) groups is 1. The van der Waals surface area contributed by atoms with E-state index < -0.39 is 11.7 Å². The number of H-pyrrole nitrogens is 1. The predicted octanol–water partition coefficient (Wildman–Crippen LogP) is 1.44. The van der Waals surface area contributed by atoms with Crippen molar-refractivity contribution in [2.45, 2.75) is 45.9 Å². The molecule has 0 aliphatic carbocycles. The van der Waals surface area contributed by atoms with Crippen LogP contribution in [-0.2, 0) is 11.3 Å². The standard InChI is InChI=1S/C12H21N3O3S/c1-8(5-14-10(16)18-12(2,3)4)13-6-9-7-19-11(17)15-9/h7-8,13H,5-6H2,1-4H3,(H,14,16)(H,15,17). The minimum Gasteiger partial charge on any atom is -0.444 e. The zero-order valence-corrected chi connectivity index (χ0v) is 12.5. The average molecular weight is 287 g/mol. The summed E-state index contributed by atoms with van der Waals surface area (Å²) in [5.41, 5.74) is 0.357. The lowest BCUT2D eigenvalue weighted by atomic mass is 10.2. The summed E-state index contributed by atoms with van der Waals surface area (Å²) in [4.78, 5) is 25.0. The van der Waals surface area contributed by atoms with Gasteiger partial charge in [-0.15, -0.1) is 0 Å². The molecule has 0 spiro atoms. The molecule has 0 aromatic carbocycles. The van der Waals surface area contributed by atoms with Crippen LogP contribution in [0.5, 0.6) is 0 Å². The van der Waals surface area contributed by atoms with Crippen molar-refractivity contribution in [1.29, 1.82) is 0 Å². The van der Waals surface area contributed by atoms with Crippen LogP contribution in [0.2, 0.25) is 0 Å². The molecule has 19 heavy (non-hydrogen) atoms. The highest BCUT2D eigenvalue weighted by molar-refractivity contribution is 7.07. The van der Waals surface area contributed by atoms with Gasteiger partial charge in [0.25, 0.3) is 0 Å². The topological polar surface area (TPSA) is 83.2 Å². The van der Waals surface area contributed by atoms with Gasteiger partial charge in [0.05, 0.1) is 0 Å². The maximum Gasteiger partial charge on any atom is 0.407 e. The summed E-state index contributed by atoms with van der Waals surface area (Å²) >= 11 is 1.14. The molecule has 1 heterocycles. The summed E-state index contributed by atoms with van der Waals surface area (Å²) in [6.45, 7) is 8.44. The lowest BCUT2D eigenvalue weighted by molar-refractivity contribution is 0.0523. The van der Waals surface area contributed by atoms with Crippen LogP contribution in [0.4, 0.5) is 4.79 Å². The fourth-order valence-electron chi connectivity index (χ4n) is 1.31. The minimum absolute atomic E-state index is 0.0590. The molecule has 0 fully saturated rings. The molecule has 0 saturated heterocycles. The Kier molecular flexibility index (Phi) is 5.56. The highest BCUT2D eigenvalue weighted by Gasteiger charge is 2.16. The van der Waals surface area contributed by atoms with E-state index in [1.165, 1.54) is 0 Å². The molecule has 1 amide bonds. The van der Waals surface area contributed by atoms with Gasteiger partial charge in [-0.3, -0.25) is 4.79 Å². The average Bonchev–Trinajstić information content (AvgIpc) is 2.67.